The number of hydrogen-bond donors (Lipinski definition) is 0. The van der Waals surface area contributed by atoms with E-state index in [-0.39, 0.29) is 5.97 Å². The average Bonchev–Trinajstić information content (AvgIpc) is 2.89. The summed E-state index contributed by atoms with van der Waals surface area (Å²) in [6, 6.07) is 9.53. The first-order valence-electron chi connectivity index (χ1n) is 5.88. The number of benzene rings is 1. The lowest BCUT2D eigenvalue weighted by Gasteiger charge is -2.03. The van der Waals surface area contributed by atoms with Crippen LogP contribution in [0.4, 0.5) is 0 Å². The summed E-state index contributed by atoms with van der Waals surface area (Å²) in [5, 5.41) is 4.00. The minimum absolute atomic E-state index is 0.336. The van der Waals surface area contributed by atoms with Crippen molar-refractivity contribution in [3.05, 3.63) is 35.2 Å². The Hall–Kier alpha value is -1.75. The molecule has 4 nitrogen and oxygen atoms in total. The molecule has 0 unspecified atom stereocenters. The fourth-order valence-corrected chi connectivity index (χ4v) is 2.07. The van der Waals surface area contributed by atoms with E-state index >= 15 is 0 Å². The van der Waals surface area contributed by atoms with Gasteiger partial charge in [-0.25, -0.2) is 4.79 Å². The minimum atomic E-state index is -0.336. The lowest BCUT2D eigenvalue weighted by Crippen LogP contribution is -2.05. The number of unbranched alkanes of at least 4 members (excludes halogenated alkanes) is 1. The minimum Gasteiger partial charge on any atom is -0.461 e. The summed E-state index contributed by atoms with van der Waals surface area (Å²) >= 11 is 1.07. The fourth-order valence-electron chi connectivity index (χ4n) is 1.48. The van der Waals surface area contributed by atoms with E-state index in [2.05, 4.69) is 16.5 Å². The molecule has 0 N–H and O–H groups in total. The third-order valence-electron chi connectivity index (χ3n) is 2.45. The molecule has 18 heavy (non-hydrogen) atoms. The maximum Gasteiger partial charge on any atom is 0.352 e. The van der Waals surface area contributed by atoms with Crippen LogP contribution in [-0.2, 0) is 4.74 Å². The molecular weight excluding hydrogens is 248 g/mol. The highest BCUT2D eigenvalue weighted by atomic mass is 32.1. The van der Waals surface area contributed by atoms with Crippen LogP contribution in [0.5, 0.6) is 0 Å². The van der Waals surface area contributed by atoms with Crippen molar-refractivity contribution in [1.29, 1.82) is 0 Å². The van der Waals surface area contributed by atoms with Gasteiger partial charge in [0.2, 0.25) is 0 Å². The summed E-state index contributed by atoms with van der Waals surface area (Å²) in [5.74, 6) is -0.336. The Morgan fingerprint density at radius 3 is 2.83 bits per heavy atom. The van der Waals surface area contributed by atoms with E-state index in [0.717, 1.165) is 29.9 Å². The predicted octanol–water partition coefficient (Wildman–Crippen LogP) is 3.16. The number of carbonyl (C=O) groups excluding carboxylic acids is 1. The molecule has 0 fully saturated rings. The molecule has 0 saturated carbocycles. The maximum absolute atomic E-state index is 11.9. The molecule has 0 spiro atoms. The number of rotatable bonds is 5. The predicted molar refractivity (Wildman–Crippen MR) is 70.5 cm³/mol. The quantitative estimate of drug-likeness (QED) is 0.613. The molecule has 0 aliphatic heterocycles. The smallest absolute Gasteiger partial charge is 0.352 e. The van der Waals surface area contributed by atoms with Gasteiger partial charge in [-0.15, -0.1) is 5.10 Å². The van der Waals surface area contributed by atoms with E-state index in [1.807, 2.05) is 30.3 Å². The van der Waals surface area contributed by atoms with E-state index in [4.69, 9.17) is 4.74 Å². The molecule has 0 amide bonds. The maximum atomic E-state index is 11.9. The van der Waals surface area contributed by atoms with Gasteiger partial charge < -0.3 is 4.74 Å². The van der Waals surface area contributed by atoms with E-state index in [9.17, 15) is 4.79 Å². The van der Waals surface area contributed by atoms with Gasteiger partial charge in [0.1, 0.15) is 5.69 Å². The molecule has 2 aromatic rings. The van der Waals surface area contributed by atoms with Crippen LogP contribution in [0.15, 0.2) is 30.3 Å². The lowest BCUT2D eigenvalue weighted by atomic mass is 10.1. The van der Waals surface area contributed by atoms with Crippen LogP contribution >= 0.6 is 11.5 Å². The molecule has 0 bridgehead atoms. The van der Waals surface area contributed by atoms with Gasteiger partial charge in [-0.2, -0.15) is 0 Å². The Labute approximate surface area is 110 Å². The van der Waals surface area contributed by atoms with Crippen molar-refractivity contribution in [2.45, 2.75) is 19.8 Å². The van der Waals surface area contributed by atoms with E-state index < -0.39 is 0 Å². The summed E-state index contributed by atoms with van der Waals surface area (Å²) in [5.41, 5.74) is 1.48. The SMILES string of the molecule is CCCCOC(=O)c1snnc1-c1ccccc1. The second kappa shape index (κ2) is 6.26. The molecule has 0 saturated heterocycles. The normalized spacial score (nSPS) is 10.3. The summed E-state index contributed by atoms with van der Waals surface area (Å²) in [7, 11) is 0. The number of nitrogens with zero attached hydrogens (tertiary/aromatic N) is 2. The fraction of sp³-hybridized carbons (Fsp3) is 0.308. The second-order valence-electron chi connectivity index (χ2n) is 3.81. The summed E-state index contributed by atoms with van der Waals surface area (Å²) in [6.45, 7) is 2.50. The Balaban J connectivity index is 2.15. The zero-order chi connectivity index (χ0) is 12.8. The van der Waals surface area contributed by atoms with Crippen LogP contribution in [0, 0.1) is 0 Å². The molecule has 0 atom stereocenters. The molecule has 5 heteroatoms. The average molecular weight is 262 g/mol. The Kier molecular flexibility index (Phi) is 4.41. The number of esters is 1. The standard InChI is InChI=1S/C13H14N2O2S/c1-2-3-9-17-13(16)12-11(14-15-18-12)10-7-5-4-6-8-10/h4-8H,2-3,9H2,1H3. The number of hydrogen-bond acceptors (Lipinski definition) is 5. The molecular formula is C13H14N2O2S. The Bertz CT molecular complexity index is 511. The van der Waals surface area contributed by atoms with Crippen molar-refractivity contribution in [3.63, 3.8) is 0 Å². The topological polar surface area (TPSA) is 52.1 Å². The molecule has 2 rings (SSSR count). The summed E-state index contributed by atoms with van der Waals surface area (Å²) in [6.07, 6.45) is 1.87. The zero-order valence-corrected chi connectivity index (χ0v) is 10.9. The highest BCUT2D eigenvalue weighted by Crippen LogP contribution is 2.24. The molecule has 1 aromatic carbocycles. The lowest BCUT2D eigenvalue weighted by molar-refractivity contribution is 0.0506. The van der Waals surface area contributed by atoms with E-state index in [1.54, 1.807) is 0 Å². The highest BCUT2D eigenvalue weighted by Gasteiger charge is 2.18. The molecule has 1 aromatic heterocycles. The van der Waals surface area contributed by atoms with Crippen LogP contribution in [-0.4, -0.2) is 22.2 Å². The second-order valence-corrected chi connectivity index (χ2v) is 4.56. The van der Waals surface area contributed by atoms with E-state index in [0.29, 0.717) is 17.2 Å². The third-order valence-corrected chi connectivity index (χ3v) is 3.16. The van der Waals surface area contributed by atoms with Crippen molar-refractivity contribution in [3.8, 4) is 11.3 Å². The van der Waals surface area contributed by atoms with Crippen LogP contribution in [0.3, 0.4) is 0 Å². The highest BCUT2D eigenvalue weighted by molar-refractivity contribution is 7.08. The van der Waals surface area contributed by atoms with Crippen molar-refractivity contribution in [2.24, 2.45) is 0 Å². The molecule has 1 heterocycles. The summed E-state index contributed by atoms with van der Waals surface area (Å²) in [4.78, 5) is 12.4. The van der Waals surface area contributed by atoms with Gasteiger partial charge in [-0.05, 0) is 18.0 Å². The Morgan fingerprint density at radius 2 is 2.11 bits per heavy atom. The summed E-state index contributed by atoms with van der Waals surface area (Å²) < 4.78 is 9.02. The van der Waals surface area contributed by atoms with Crippen molar-refractivity contribution < 1.29 is 9.53 Å². The first kappa shape index (κ1) is 12.7. The first-order valence-corrected chi connectivity index (χ1v) is 6.65. The molecule has 0 aliphatic rings. The van der Waals surface area contributed by atoms with Gasteiger partial charge in [0.15, 0.2) is 4.88 Å². The molecule has 0 radical (unpaired) electrons. The third kappa shape index (κ3) is 2.92. The van der Waals surface area contributed by atoms with Gasteiger partial charge in [0.25, 0.3) is 0 Å². The van der Waals surface area contributed by atoms with Gasteiger partial charge >= 0.3 is 5.97 Å². The number of carbonyl (C=O) groups is 1. The van der Waals surface area contributed by atoms with E-state index in [1.165, 1.54) is 0 Å². The van der Waals surface area contributed by atoms with Gasteiger partial charge in [-0.1, -0.05) is 48.2 Å². The number of aromatic nitrogens is 2. The van der Waals surface area contributed by atoms with Crippen LogP contribution in [0.1, 0.15) is 29.4 Å². The van der Waals surface area contributed by atoms with Gasteiger partial charge in [0, 0.05) is 5.56 Å². The van der Waals surface area contributed by atoms with Crippen LogP contribution < -0.4 is 0 Å². The van der Waals surface area contributed by atoms with Crippen molar-refractivity contribution in [1.82, 2.24) is 9.59 Å². The first-order chi connectivity index (χ1) is 8.83. The van der Waals surface area contributed by atoms with Crippen LogP contribution in [0.25, 0.3) is 11.3 Å². The largest absolute Gasteiger partial charge is 0.461 e. The zero-order valence-electron chi connectivity index (χ0n) is 10.1. The van der Waals surface area contributed by atoms with Gasteiger partial charge in [0.05, 0.1) is 6.61 Å². The van der Waals surface area contributed by atoms with Crippen molar-refractivity contribution in [2.75, 3.05) is 6.61 Å². The number of ether oxygens (including phenoxy) is 1. The van der Waals surface area contributed by atoms with Gasteiger partial charge in [-0.3, -0.25) is 0 Å². The monoisotopic (exact) mass is 262 g/mol. The molecule has 94 valence electrons. The molecule has 0 aliphatic carbocycles. The van der Waals surface area contributed by atoms with Crippen LogP contribution in [0.2, 0.25) is 0 Å². The Morgan fingerprint density at radius 1 is 1.33 bits per heavy atom. The van der Waals surface area contributed by atoms with Crippen molar-refractivity contribution >= 4 is 17.5 Å².